The molecule has 0 aromatic rings. The van der Waals surface area contributed by atoms with E-state index in [0.29, 0.717) is 0 Å². The lowest BCUT2D eigenvalue weighted by atomic mass is 9.64. The van der Waals surface area contributed by atoms with Gasteiger partial charge >= 0.3 is 0 Å². The van der Waals surface area contributed by atoms with E-state index in [1.807, 2.05) is 27.7 Å². The van der Waals surface area contributed by atoms with Crippen LogP contribution in [0.3, 0.4) is 0 Å². The largest absolute Gasteiger partial charge is 0.365 e. The third-order valence-electron chi connectivity index (χ3n) is 5.20. The van der Waals surface area contributed by atoms with E-state index in [1.165, 1.54) is 0 Å². The van der Waals surface area contributed by atoms with Gasteiger partial charge in [-0.15, -0.1) is 0 Å². The van der Waals surface area contributed by atoms with Crippen molar-refractivity contribution in [1.29, 1.82) is 0 Å². The summed E-state index contributed by atoms with van der Waals surface area (Å²) in [6, 6.07) is 0.0155. The zero-order valence-electron chi connectivity index (χ0n) is 11.4. The molecule has 0 aromatic carbocycles. The second-order valence-electron chi connectivity index (χ2n) is 6.61. The molecule has 100 valence electrons. The Bertz CT molecular complexity index is 433. The average Bonchev–Trinajstić information content (AvgIpc) is 2.83. The highest BCUT2D eigenvalue weighted by molar-refractivity contribution is 5.94. The van der Waals surface area contributed by atoms with Gasteiger partial charge in [-0.2, -0.15) is 0 Å². The van der Waals surface area contributed by atoms with E-state index in [1.54, 1.807) is 0 Å². The number of carbonyl (C=O) groups is 2. The first kappa shape index (κ1) is 12.2. The summed E-state index contributed by atoms with van der Waals surface area (Å²) in [5, 5.41) is 2.96. The van der Waals surface area contributed by atoms with Crippen molar-refractivity contribution in [2.45, 2.75) is 57.8 Å². The predicted molar refractivity (Wildman–Crippen MR) is 65.9 cm³/mol. The number of Topliss-reactive ketones (excluding diaryl/α,β-unsaturated/α-hetero) is 1. The van der Waals surface area contributed by atoms with Crippen molar-refractivity contribution in [1.82, 2.24) is 5.32 Å². The Balaban J connectivity index is 2.06. The Labute approximate surface area is 107 Å². The van der Waals surface area contributed by atoms with Crippen molar-refractivity contribution in [3.05, 3.63) is 0 Å². The standard InChI is InChI=1S/C14H21NO3/c1-7(2)11(16)9-10-12(17)15-8(3)14(10)6-5-13(9,4)18-14/h7-10H,5-6H2,1-4H3,(H,15,17)/t8-,9+,10+,13+,14+/m0/s1. The van der Waals surface area contributed by atoms with Crippen LogP contribution >= 0.6 is 0 Å². The number of amides is 1. The van der Waals surface area contributed by atoms with Gasteiger partial charge in [0.25, 0.3) is 0 Å². The van der Waals surface area contributed by atoms with E-state index < -0.39 is 11.2 Å². The molecular weight excluding hydrogens is 230 g/mol. The summed E-state index contributed by atoms with van der Waals surface area (Å²) in [5.41, 5.74) is -0.862. The second-order valence-corrected chi connectivity index (χ2v) is 6.61. The maximum atomic E-state index is 12.5. The molecule has 3 rings (SSSR count). The van der Waals surface area contributed by atoms with Crippen molar-refractivity contribution in [3.8, 4) is 0 Å². The minimum atomic E-state index is -0.433. The first-order valence-corrected chi connectivity index (χ1v) is 6.86. The Morgan fingerprint density at radius 2 is 2.11 bits per heavy atom. The summed E-state index contributed by atoms with van der Waals surface area (Å²) in [5.74, 6) is -0.411. The van der Waals surface area contributed by atoms with E-state index in [2.05, 4.69) is 5.32 Å². The van der Waals surface area contributed by atoms with Crippen LogP contribution in [0.15, 0.2) is 0 Å². The Kier molecular flexibility index (Phi) is 2.26. The van der Waals surface area contributed by atoms with Gasteiger partial charge in [0, 0.05) is 5.92 Å². The number of ketones is 1. The molecule has 3 aliphatic rings. The van der Waals surface area contributed by atoms with Gasteiger partial charge in [0.15, 0.2) is 0 Å². The average molecular weight is 251 g/mol. The highest BCUT2D eigenvalue weighted by Crippen LogP contribution is 2.61. The number of carbonyl (C=O) groups excluding carboxylic acids is 2. The molecular formula is C14H21NO3. The van der Waals surface area contributed by atoms with Gasteiger partial charge in [-0.05, 0) is 26.7 Å². The maximum Gasteiger partial charge on any atom is 0.227 e. The van der Waals surface area contributed by atoms with Crippen LogP contribution in [-0.2, 0) is 14.3 Å². The summed E-state index contributed by atoms with van der Waals surface area (Å²) in [4.78, 5) is 24.7. The van der Waals surface area contributed by atoms with Gasteiger partial charge in [-0.1, -0.05) is 13.8 Å². The molecule has 0 aromatic heterocycles. The van der Waals surface area contributed by atoms with Gasteiger partial charge < -0.3 is 10.1 Å². The van der Waals surface area contributed by atoms with Crippen molar-refractivity contribution < 1.29 is 14.3 Å². The predicted octanol–water partition coefficient (Wildman–Crippen LogP) is 1.28. The van der Waals surface area contributed by atoms with Gasteiger partial charge in [0.2, 0.25) is 5.91 Å². The molecule has 0 unspecified atom stereocenters. The van der Waals surface area contributed by atoms with E-state index in [0.717, 1.165) is 12.8 Å². The van der Waals surface area contributed by atoms with E-state index in [-0.39, 0.29) is 35.5 Å². The van der Waals surface area contributed by atoms with Crippen LogP contribution in [0.4, 0.5) is 0 Å². The molecule has 4 heteroatoms. The molecule has 1 amide bonds. The van der Waals surface area contributed by atoms with E-state index in [9.17, 15) is 9.59 Å². The Hall–Kier alpha value is -0.900. The van der Waals surface area contributed by atoms with Crippen LogP contribution < -0.4 is 5.32 Å². The van der Waals surface area contributed by atoms with Gasteiger partial charge in [0.1, 0.15) is 11.4 Å². The van der Waals surface area contributed by atoms with Crippen molar-refractivity contribution in [3.63, 3.8) is 0 Å². The van der Waals surface area contributed by atoms with Crippen LogP contribution in [-0.4, -0.2) is 28.9 Å². The Morgan fingerprint density at radius 3 is 2.72 bits per heavy atom. The molecule has 0 aliphatic carbocycles. The smallest absolute Gasteiger partial charge is 0.227 e. The molecule has 18 heavy (non-hydrogen) atoms. The number of ether oxygens (including phenoxy) is 1. The minimum absolute atomic E-state index is 0.00456. The van der Waals surface area contributed by atoms with E-state index in [4.69, 9.17) is 4.74 Å². The monoisotopic (exact) mass is 251 g/mol. The fourth-order valence-corrected chi connectivity index (χ4v) is 4.25. The highest BCUT2D eigenvalue weighted by atomic mass is 16.5. The summed E-state index contributed by atoms with van der Waals surface area (Å²) >= 11 is 0. The molecule has 0 radical (unpaired) electrons. The van der Waals surface area contributed by atoms with Crippen LogP contribution in [0.25, 0.3) is 0 Å². The lowest BCUT2D eigenvalue weighted by Gasteiger charge is -2.33. The molecule has 4 nitrogen and oxygen atoms in total. The van der Waals surface area contributed by atoms with Crippen molar-refractivity contribution >= 4 is 11.7 Å². The SMILES string of the molecule is CC(C)C(=O)[C@H]1[C@@H]2C(=O)N[C@@H](C)[C@]23CC[C@@]1(C)O3. The fourth-order valence-electron chi connectivity index (χ4n) is 4.25. The number of nitrogens with one attached hydrogen (secondary N) is 1. The summed E-state index contributed by atoms with van der Waals surface area (Å²) in [6.07, 6.45) is 1.77. The molecule has 0 saturated carbocycles. The number of hydrogen-bond acceptors (Lipinski definition) is 3. The molecule has 3 saturated heterocycles. The van der Waals surface area contributed by atoms with E-state index >= 15 is 0 Å². The zero-order chi connectivity index (χ0) is 13.3. The molecule has 3 fully saturated rings. The van der Waals surface area contributed by atoms with Crippen molar-refractivity contribution in [2.75, 3.05) is 0 Å². The minimum Gasteiger partial charge on any atom is -0.365 e. The molecule has 3 heterocycles. The van der Waals surface area contributed by atoms with Crippen LogP contribution in [0.2, 0.25) is 0 Å². The number of fused-ring (bicyclic) bond motifs is 1. The summed E-state index contributed by atoms with van der Waals surface area (Å²) < 4.78 is 6.23. The zero-order valence-corrected chi connectivity index (χ0v) is 11.4. The molecule has 1 spiro atoms. The van der Waals surface area contributed by atoms with Crippen LogP contribution in [0.5, 0.6) is 0 Å². The quantitative estimate of drug-likeness (QED) is 0.804. The lowest BCUT2D eigenvalue weighted by molar-refractivity contribution is -0.136. The fraction of sp³-hybridized carbons (Fsp3) is 0.857. The third kappa shape index (κ3) is 1.20. The first-order chi connectivity index (χ1) is 8.32. The topological polar surface area (TPSA) is 55.4 Å². The lowest BCUT2D eigenvalue weighted by Crippen LogP contribution is -2.47. The van der Waals surface area contributed by atoms with Crippen molar-refractivity contribution in [2.24, 2.45) is 17.8 Å². The molecule has 2 bridgehead atoms. The van der Waals surface area contributed by atoms with Crippen LogP contribution in [0, 0.1) is 17.8 Å². The van der Waals surface area contributed by atoms with Gasteiger partial charge in [-0.25, -0.2) is 0 Å². The number of hydrogen-bond donors (Lipinski definition) is 1. The van der Waals surface area contributed by atoms with Gasteiger partial charge in [-0.3, -0.25) is 9.59 Å². The van der Waals surface area contributed by atoms with Gasteiger partial charge in [0.05, 0.1) is 23.5 Å². The maximum absolute atomic E-state index is 12.5. The normalized spacial score (nSPS) is 49.6. The molecule has 5 atom stereocenters. The number of rotatable bonds is 2. The second kappa shape index (κ2) is 3.35. The first-order valence-electron chi connectivity index (χ1n) is 6.86. The highest BCUT2D eigenvalue weighted by Gasteiger charge is 2.73. The van der Waals surface area contributed by atoms with Crippen LogP contribution in [0.1, 0.15) is 40.5 Å². The summed E-state index contributed by atoms with van der Waals surface area (Å²) in [6.45, 7) is 7.80. The Morgan fingerprint density at radius 1 is 1.44 bits per heavy atom. The molecule has 3 aliphatic heterocycles. The molecule has 1 N–H and O–H groups in total. The summed E-state index contributed by atoms with van der Waals surface area (Å²) in [7, 11) is 0. The third-order valence-corrected chi connectivity index (χ3v) is 5.20.